The van der Waals surface area contributed by atoms with E-state index in [1.807, 2.05) is 25.3 Å². The number of rotatable bonds is 3. The van der Waals surface area contributed by atoms with Crippen molar-refractivity contribution in [3.05, 3.63) is 16.7 Å². The van der Waals surface area contributed by atoms with Crippen molar-refractivity contribution in [2.75, 3.05) is 11.9 Å². The third-order valence-electron chi connectivity index (χ3n) is 2.15. The lowest BCUT2D eigenvalue weighted by molar-refractivity contribution is 0.234. The molecule has 0 fully saturated rings. The lowest BCUT2D eigenvalue weighted by atomic mass is 10.1. The third-order valence-corrected chi connectivity index (χ3v) is 3.13. The maximum absolute atomic E-state index is 9.21. The van der Waals surface area contributed by atoms with Gasteiger partial charge in [-0.3, -0.25) is 0 Å². The number of nitrogens with zero attached hydrogens (tertiary/aromatic N) is 2. The normalized spacial score (nSPS) is 12.0. The molecule has 0 aliphatic carbocycles. The highest BCUT2D eigenvalue weighted by atomic mass is 35.5. The fourth-order valence-electron chi connectivity index (χ4n) is 1.28. The summed E-state index contributed by atoms with van der Waals surface area (Å²) in [6.07, 6.45) is 0. The van der Waals surface area contributed by atoms with Crippen LogP contribution in [0, 0.1) is 0 Å². The van der Waals surface area contributed by atoms with Crippen LogP contribution in [-0.2, 0) is 0 Å². The zero-order valence-corrected chi connectivity index (χ0v) is 10.6. The Labute approximate surface area is 102 Å². The summed E-state index contributed by atoms with van der Waals surface area (Å²) in [5, 5.41) is 15.4. The van der Waals surface area contributed by atoms with Crippen molar-refractivity contribution in [3.63, 3.8) is 0 Å². The minimum absolute atomic E-state index is 0.0141. The van der Waals surface area contributed by atoms with E-state index in [-0.39, 0.29) is 11.9 Å². The Morgan fingerprint density at radius 1 is 1.50 bits per heavy atom. The van der Waals surface area contributed by atoms with Crippen molar-refractivity contribution in [2.45, 2.75) is 19.4 Å². The van der Waals surface area contributed by atoms with Crippen LogP contribution in [0.2, 0.25) is 5.28 Å². The fourth-order valence-corrected chi connectivity index (χ4v) is 2.27. The van der Waals surface area contributed by atoms with Gasteiger partial charge >= 0.3 is 0 Å². The summed E-state index contributed by atoms with van der Waals surface area (Å²) in [5.74, 6) is 0.662. The van der Waals surface area contributed by atoms with Gasteiger partial charge in [-0.15, -0.1) is 11.3 Å². The smallest absolute Gasteiger partial charge is 0.225 e. The number of nitrogens with one attached hydrogen (secondary N) is 1. The van der Waals surface area contributed by atoms with E-state index in [0.29, 0.717) is 5.82 Å². The van der Waals surface area contributed by atoms with Crippen LogP contribution in [0.5, 0.6) is 0 Å². The maximum atomic E-state index is 9.21. The van der Waals surface area contributed by atoms with Gasteiger partial charge in [-0.1, -0.05) is 0 Å². The second kappa shape index (κ2) is 4.16. The molecular weight excluding hydrogens is 246 g/mol. The molecular formula is C10H12ClN3OS. The highest BCUT2D eigenvalue weighted by molar-refractivity contribution is 7.16. The summed E-state index contributed by atoms with van der Waals surface area (Å²) in [7, 11) is 0. The van der Waals surface area contributed by atoms with Gasteiger partial charge in [0.05, 0.1) is 17.5 Å². The van der Waals surface area contributed by atoms with Gasteiger partial charge in [0.2, 0.25) is 5.28 Å². The molecule has 0 saturated heterocycles. The summed E-state index contributed by atoms with van der Waals surface area (Å²) in [5.41, 5.74) is -0.438. The number of aliphatic hydroxyl groups is 1. The minimum atomic E-state index is -0.438. The van der Waals surface area contributed by atoms with Crippen LogP contribution in [0.3, 0.4) is 0 Å². The first-order valence-corrected chi connectivity index (χ1v) is 6.07. The highest BCUT2D eigenvalue weighted by Crippen LogP contribution is 2.28. The molecule has 16 heavy (non-hydrogen) atoms. The molecule has 0 aliphatic heterocycles. The first kappa shape index (κ1) is 11.6. The summed E-state index contributed by atoms with van der Waals surface area (Å²) in [6, 6.07) is 1.94. The molecule has 2 heterocycles. The quantitative estimate of drug-likeness (QED) is 0.830. The largest absolute Gasteiger partial charge is 0.394 e. The number of aromatic nitrogens is 2. The molecule has 0 atom stereocenters. The van der Waals surface area contributed by atoms with Crippen LogP contribution in [-0.4, -0.2) is 27.2 Å². The van der Waals surface area contributed by atoms with Crippen molar-refractivity contribution in [1.82, 2.24) is 9.97 Å². The predicted octanol–water partition coefficient (Wildman–Crippen LogP) is 2.53. The molecule has 2 N–H and O–H groups in total. The van der Waals surface area contributed by atoms with Crippen LogP contribution >= 0.6 is 22.9 Å². The monoisotopic (exact) mass is 257 g/mol. The van der Waals surface area contributed by atoms with Gasteiger partial charge in [0.1, 0.15) is 10.6 Å². The molecule has 2 rings (SSSR count). The first-order valence-electron chi connectivity index (χ1n) is 4.82. The highest BCUT2D eigenvalue weighted by Gasteiger charge is 2.18. The Morgan fingerprint density at radius 3 is 2.94 bits per heavy atom. The lowest BCUT2D eigenvalue weighted by Gasteiger charge is -2.24. The van der Waals surface area contributed by atoms with Gasteiger partial charge in [0, 0.05) is 0 Å². The molecule has 0 amide bonds. The Hall–Kier alpha value is -0.910. The van der Waals surface area contributed by atoms with Crippen molar-refractivity contribution < 1.29 is 5.11 Å². The maximum Gasteiger partial charge on any atom is 0.225 e. The zero-order chi connectivity index (χ0) is 11.8. The van der Waals surface area contributed by atoms with E-state index >= 15 is 0 Å². The number of halogens is 1. The van der Waals surface area contributed by atoms with Crippen LogP contribution in [0.15, 0.2) is 11.4 Å². The van der Waals surface area contributed by atoms with Crippen molar-refractivity contribution in [3.8, 4) is 0 Å². The zero-order valence-electron chi connectivity index (χ0n) is 8.99. The van der Waals surface area contributed by atoms with E-state index in [4.69, 9.17) is 11.6 Å². The van der Waals surface area contributed by atoms with Gasteiger partial charge in [-0.05, 0) is 36.9 Å². The Morgan fingerprint density at radius 2 is 2.25 bits per heavy atom. The Bertz CT molecular complexity index is 512. The lowest BCUT2D eigenvalue weighted by Crippen LogP contribution is -2.35. The van der Waals surface area contributed by atoms with E-state index in [1.165, 1.54) is 11.3 Å². The van der Waals surface area contributed by atoms with Crippen LogP contribution in [0.4, 0.5) is 5.82 Å². The van der Waals surface area contributed by atoms with Crippen LogP contribution in [0.25, 0.3) is 10.2 Å². The molecule has 0 saturated carbocycles. The molecule has 2 aromatic rings. The number of fused-ring (bicyclic) bond motifs is 1. The van der Waals surface area contributed by atoms with Crippen LogP contribution in [0.1, 0.15) is 13.8 Å². The molecule has 86 valence electrons. The molecule has 0 radical (unpaired) electrons. The molecule has 0 spiro atoms. The minimum Gasteiger partial charge on any atom is -0.394 e. The number of anilines is 1. The number of aliphatic hydroxyl groups excluding tert-OH is 1. The second-order valence-corrected chi connectivity index (χ2v) is 5.38. The SMILES string of the molecule is CC(C)(CO)Nc1nc(Cl)nc2sccc12. The van der Waals surface area contributed by atoms with Gasteiger partial charge < -0.3 is 10.4 Å². The fraction of sp³-hybridized carbons (Fsp3) is 0.400. The van der Waals surface area contributed by atoms with Gasteiger partial charge in [-0.25, -0.2) is 9.97 Å². The third kappa shape index (κ3) is 2.26. The predicted molar refractivity (Wildman–Crippen MR) is 67.2 cm³/mol. The van der Waals surface area contributed by atoms with E-state index < -0.39 is 5.54 Å². The topological polar surface area (TPSA) is 58.0 Å². The van der Waals surface area contributed by atoms with Crippen molar-refractivity contribution >= 4 is 39.0 Å². The van der Waals surface area contributed by atoms with E-state index in [2.05, 4.69) is 15.3 Å². The van der Waals surface area contributed by atoms with Gasteiger partial charge in [-0.2, -0.15) is 0 Å². The molecule has 4 nitrogen and oxygen atoms in total. The average Bonchev–Trinajstić information content (AvgIpc) is 2.65. The van der Waals surface area contributed by atoms with Gasteiger partial charge in [0.15, 0.2) is 0 Å². The standard InChI is InChI=1S/C10H12ClN3OS/c1-10(2,5-15)14-7-6-3-4-16-8(6)13-9(11)12-7/h3-4,15H,5H2,1-2H3,(H,12,13,14). The molecule has 0 aliphatic rings. The summed E-state index contributed by atoms with van der Waals surface area (Å²) in [6.45, 7) is 3.79. The molecule has 0 bridgehead atoms. The summed E-state index contributed by atoms with van der Waals surface area (Å²) >= 11 is 7.35. The number of thiophene rings is 1. The molecule has 6 heteroatoms. The molecule has 0 aromatic carbocycles. The average molecular weight is 258 g/mol. The number of hydrogen-bond acceptors (Lipinski definition) is 5. The summed E-state index contributed by atoms with van der Waals surface area (Å²) in [4.78, 5) is 9.11. The Balaban J connectivity index is 2.47. The molecule has 0 unspecified atom stereocenters. The number of hydrogen-bond donors (Lipinski definition) is 2. The van der Waals surface area contributed by atoms with Crippen molar-refractivity contribution in [2.24, 2.45) is 0 Å². The second-order valence-electron chi connectivity index (χ2n) is 4.15. The van der Waals surface area contributed by atoms with E-state index in [0.717, 1.165) is 10.2 Å². The van der Waals surface area contributed by atoms with Crippen molar-refractivity contribution in [1.29, 1.82) is 0 Å². The Kier molecular flexibility index (Phi) is 3.01. The van der Waals surface area contributed by atoms with Gasteiger partial charge in [0.25, 0.3) is 0 Å². The first-order chi connectivity index (χ1) is 7.52. The van der Waals surface area contributed by atoms with Crippen LogP contribution < -0.4 is 5.32 Å². The van der Waals surface area contributed by atoms with E-state index in [9.17, 15) is 5.11 Å². The summed E-state index contributed by atoms with van der Waals surface area (Å²) < 4.78 is 0. The van der Waals surface area contributed by atoms with E-state index in [1.54, 1.807) is 0 Å². The molecule has 2 aromatic heterocycles.